The van der Waals surface area contributed by atoms with E-state index in [-0.39, 0.29) is 62.2 Å². The summed E-state index contributed by atoms with van der Waals surface area (Å²) in [5.74, 6) is 0. The summed E-state index contributed by atoms with van der Waals surface area (Å²) in [6.45, 7) is 0. The lowest BCUT2D eigenvalue weighted by molar-refractivity contribution is 0.669. The van der Waals surface area contributed by atoms with Crippen LogP contribution in [0.3, 0.4) is 0 Å². The van der Waals surface area contributed by atoms with Crippen molar-refractivity contribution in [3.63, 3.8) is 0 Å². The molecule has 0 N–H and O–H groups in total. The van der Waals surface area contributed by atoms with Crippen molar-refractivity contribution in [1.29, 1.82) is 0 Å². The molecule has 12 rings (SSSR count). The molecule has 6 aromatic carbocycles. The first-order valence-corrected chi connectivity index (χ1v) is 25.6. The number of hydrogen-bond donors (Lipinski definition) is 0. The second-order valence-electron chi connectivity index (χ2n) is 14.4. The quantitative estimate of drug-likeness (QED) is 0.127. The van der Waals surface area contributed by atoms with Gasteiger partial charge in [0.2, 0.25) is 0 Å². The molecule has 0 aliphatic carbocycles. The van der Waals surface area contributed by atoms with Crippen molar-refractivity contribution >= 4 is 132 Å². The van der Waals surface area contributed by atoms with Gasteiger partial charge in [-0.15, -0.1) is 0 Å². The molecule has 1 aliphatic rings. The van der Waals surface area contributed by atoms with Gasteiger partial charge in [0.1, 0.15) is 11.2 Å². The lowest BCUT2D eigenvalue weighted by Gasteiger charge is -2.15. The SMILES string of the molecule is c1cc(C2=IC(c3cccc(-c4cnc5c(ccc6cccnc65)c4)c3)=IC(c3ccc4oc5ccccc5c4c3)=I2)cc(-c2cnc3c(ccc4cccnc43)c2)c1. The van der Waals surface area contributed by atoms with Crippen LogP contribution in [0.25, 0.3) is 87.8 Å². The fourth-order valence-corrected chi connectivity index (χ4v) is 31.4. The molecule has 1 aliphatic heterocycles. The molecule has 0 unspecified atom stereocenters. The van der Waals surface area contributed by atoms with E-state index in [2.05, 4.69) is 143 Å². The summed E-state index contributed by atoms with van der Waals surface area (Å²) >= 11 is -1.09. The number of rotatable bonds is 5. The minimum Gasteiger partial charge on any atom is -0.456 e. The second kappa shape index (κ2) is 14.7. The summed E-state index contributed by atoms with van der Waals surface area (Å²) < 4.78 is 11.2. The summed E-state index contributed by atoms with van der Waals surface area (Å²) in [5, 5.41) is 6.81. The standard InChI is InChI=1S/C51H29I3N4O/c1-2-14-43-41(13-1)42-27-38(19-20-44(42)59-43)51-53-49(36-9-3-7-32(23-36)39-25-34-17-15-30-11-5-21-55-45(30)47(34)57-28-39)52-50(54-51)37-10-4-8-33(24-37)40-26-35-18-16-31-12-6-22-56-46(31)48(35)58-29-40/h1-29H. The monoisotopic (exact) mass is 1090 g/mol. The van der Waals surface area contributed by atoms with E-state index in [1.165, 1.54) is 38.6 Å². The molecule has 0 saturated carbocycles. The van der Waals surface area contributed by atoms with Crippen molar-refractivity contribution in [2.75, 3.05) is 0 Å². The predicted octanol–water partition coefficient (Wildman–Crippen LogP) is 13.9. The number of aromatic nitrogens is 4. The number of halogens is 3. The van der Waals surface area contributed by atoms with Crippen molar-refractivity contribution in [2.45, 2.75) is 0 Å². The third-order valence-corrected chi connectivity index (χ3v) is 25.6. The molecule has 8 heteroatoms. The van der Waals surface area contributed by atoms with Crippen LogP contribution < -0.4 is 0 Å². The Bertz CT molecular complexity index is 3480. The normalized spacial score (nSPS) is 13.5. The molecular weight excluding hydrogens is 1070 g/mol. The molecule has 5 aromatic heterocycles. The summed E-state index contributed by atoms with van der Waals surface area (Å²) in [7, 11) is 0. The lowest BCUT2D eigenvalue weighted by atomic mass is 10.0. The zero-order chi connectivity index (χ0) is 38.9. The molecule has 5 nitrogen and oxygen atoms in total. The fraction of sp³-hybridized carbons (Fsp3) is 0. The Kier molecular flexibility index (Phi) is 8.83. The van der Waals surface area contributed by atoms with Gasteiger partial charge in [-0.05, 0) is 88.5 Å². The molecule has 0 spiro atoms. The minimum atomic E-state index is -0.368. The van der Waals surface area contributed by atoms with E-state index in [9.17, 15) is 0 Å². The van der Waals surface area contributed by atoms with Gasteiger partial charge in [-0.2, -0.15) is 0 Å². The molecule has 280 valence electrons. The minimum absolute atomic E-state index is 0.359. The number of fused-ring (bicyclic) bond motifs is 9. The number of para-hydroxylation sites is 1. The lowest BCUT2D eigenvalue weighted by Crippen LogP contribution is -2.02. The summed E-state index contributed by atoms with van der Waals surface area (Å²) in [6, 6.07) is 55.0. The Hall–Kier alpha value is -5.44. The maximum Gasteiger partial charge on any atom is 0.135 e. The van der Waals surface area contributed by atoms with Gasteiger partial charge in [-0.3, -0.25) is 19.9 Å². The first kappa shape index (κ1) is 35.5. The van der Waals surface area contributed by atoms with E-state index in [4.69, 9.17) is 14.4 Å². The summed E-state index contributed by atoms with van der Waals surface area (Å²) in [6.07, 6.45) is 7.72. The van der Waals surface area contributed by atoms with E-state index in [0.29, 0.717) is 0 Å². The molecule has 0 bridgehead atoms. The smallest absolute Gasteiger partial charge is 0.135 e. The van der Waals surface area contributed by atoms with Gasteiger partial charge < -0.3 is 4.42 Å². The average molecular weight is 1090 g/mol. The maximum absolute atomic E-state index is 6.27. The Morgan fingerprint density at radius 1 is 0.322 bits per heavy atom. The molecular formula is C51H29I3N4O. The topological polar surface area (TPSA) is 64.7 Å². The van der Waals surface area contributed by atoms with Crippen LogP contribution in [-0.4, -0.2) is 24.5 Å². The van der Waals surface area contributed by atoms with Crippen LogP contribution in [0.5, 0.6) is 0 Å². The zero-order valence-corrected chi connectivity index (χ0v) is 37.5. The highest BCUT2D eigenvalue weighted by Crippen LogP contribution is 2.41. The largest absolute Gasteiger partial charge is 0.456 e. The van der Waals surface area contributed by atoms with Gasteiger partial charge >= 0.3 is 0 Å². The van der Waals surface area contributed by atoms with Gasteiger partial charge in [0.05, 0.1) is 22.1 Å². The molecule has 11 aromatic rings. The number of hydrogen-bond acceptors (Lipinski definition) is 5. The number of nitrogens with zero attached hydrogens (tertiary/aromatic N) is 4. The van der Waals surface area contributed by atoms with Crippen LogP contribution in [0.15, 0.2) is 181 Å². The second-order valence-corrected chi connectivity index (χ2v) is 28.7. The van der Waals surface area contributed by atoms with Crippen LogP contribution in [0.2, 0.25) is 0 Å². The van der Waals surface area contributed by atoms with Crippen molar-refractivity contribution in [2.24, 2.45) is 0 Å². The molecule has 0 amide bonds. The fourth-order valence-electron chi connectivity index (χ4n) is 7.86. The van der Waals surface area contributed by atoms with E-state index in [0.717, 1.165) is 65.9 Å². The zero-order valence-electron chi connectivity index (χ0n) is 31.1. The summed E-state index contributed by atoms with van der Waals surface area (Å²) in [5.41, 5.74) is 14.4. The van der Waals surface area contributed by atoms with Gasteiger partial charge in [0.25, 0.3) is 0 Å². The third kappa shape index (κ3) is 6.43. The highest BCUT2D eigenvalue weighted by atomic mass is 127. The predicted molar refractivity (Wildman–Crippen MR) is 273 cm³/mol. The van der Waals surface area contributed by atoms with E-state index in [1.807, 2.05) is 43.0 Å². The molecule has 0 saturated heterocycles. The Morgan fingerprint density at radius 3 is 1.41 bits per heavy atom. The molecule has 0 atom stereocenters. The van der Waals surface area contributed by atoms with Crippen molar-refractivity contribution < 1.29 is 4.42 Å². The van der Waals surface area contributed by atoms with Crippen LogP contribution in [0.4, 0.5) is 0 Å². The van der Waals surface area contributed by atoms with Crippen LogP contribution in [-0.2, 0) is 0 Å². The number of pyridine rings is 4. The van der Waals surface area contributed by atoms with E-state index >= 15 is 0 Å². The first-order chi connectivity index (χ1) is 29.2. The Morgan fingerprint density at radius 2 is 0.814 bits per heavy atom. The Balaban J connectivity index is 0.975. The number of furan rings is 1. The van der Waals surface area contributed by atoms with Crippen LogP contribution >= 0.6 is 62.2 Å². The molecule has 0 radical (unpaired) electrons. The van der Waals surface area contributed by atoms with Gasteiger partial charge in [-0.25, -0.2) is 0 Å². The molecule has 0 fully saturated rings. The molecule has 6 heterocycles. The average Bonchev–Trinajstić information content (AvgIpc) is 3.69. The third-order valence-electron chi connectivity index (χ3n) is 10.8. The van der Waals surface area contributed by atoms with Gasteiger partial charge in [-0.1, -0.05) is 153 Å². The van der Waals surface area contributed by atoms with E-state index < -0.39 is 0 Å². The van der Waals surface area contributed by atoms with E-state index in [1.54, 1.807) is 4.55 Å². The highest BCUT2D eigenvalue weighted by molar-refractivity contribution is 14.3. The van der Waals surface area contributed by atoms with Crippen molar-refractivity contribution in [3.8, 4) is 22.3 Å². The summed E-state index contributed by atoms with van der Waals surface area (Å²) in [4.78, 5) is 19.2. The molecule has 59 heavy (non-hydrogen) atoms. The van der Waals surface area contributed by atoms with Crippen molar-refractivity contribution in [1.82, 2.24) is 19.9 Å². The van der Waals surface area contributed by atoms with Gasteiger partial charge in [0, 0.05) is 72.8 Å². The Labute approximate surface area is 368 Å². The van der Waals surface area contributed by atoms with Crippen LogP contribution in [0.1, 0.15) is 16.7 Å². The van der Waals surface area contributed by atoms with Gasteiger partial charge in [0.15, 0.2) is 0 Å². The first-order valence-electron chi connectivity index (χ1n) is 19.1. The van der Waals surface area contributed by atoms with Crippen LogP contribution in [0, 0.1) is 0 Å². The van der Waals surface area contributed by atoms with Crippen molar-refractivity contribution in [3.05, 3.63) is 193 Å². The highest BCUT2D eigenvalue weighted by Gasteiger charge is 2.18. The number of benzene rings is 6. The maximum atomic E-state index is 6.27.